The SMILES string of the molecule is C=C(/C=C(\C=N)CNC(=C)CC1CC(C)(F)C1)N/C=C(\C)CNC(=C)c1cnn(CC2CC2)n1. The average Bonchev–Trinajstić information content (AvgIpc) is 3.46. The highest BCUT2D eigenvalue weighted by atomic mass is 19.1. The van der Waals surface area contributed by atoms with Crippen molar-refractivity contribution in [3.8, 4) is 0 Å². The number of halogens is 1. The van der Waals surface area contributed by atoms with E-state index in [-0.39, 0.29) is 0 Å². The van der Waals surface area contributed by atoms with E-state index in [1.807, 2.05) is 19.2 Å². The second-order valence-corrected chi connectivity index (χ2v) is 9.93. The predicted octanol–water partition coefficient (Wildman–Crippen LogP) is 4.46. The van der Waals surface area contributed by atoms with E-state index >= 15 is 0 Å². The zero-order valence-corrected chi connectivity index (χ0v) is 20.5. The summed E-state index contributed by atoms with van der Waals surface area (Å²) in [6.45, 7) is 17.7. The molecule has 0 radical (unpaired) electrons. The molecule has 0 saturated heterocycles. The van der Waals surface area contributed by atoms with Gasteiger partial charge in [0.1, 0.15) is 11.4 Å². The van der Waals surface area contributed by atoms with Crippen LogP contribution in [0.2, 0.25) is 0 Å². The van der Waals surface area contributed by atoms with Gasteiger partial charge in [-0.15, -0.1) is 0 Å². The van der Waals surface area contributed by atoms with Crippen molar-refractivity contribution < 1.29 is 4.39 Å². The second kappa shape index (κ2) is 11.3. The third-order valence-corrected chi connectivity index (χ3v) is 6.10. The summed E-state index contributed by atoms with van der Waals surface area (Å²) in [7, 11) is 0. The minimum Gasteiger partial charge on any atom is -0.385 e. The van der Waals surface area contributed by atoms with E-state index in [1.165, 1.54) is 19.1 Å². The molecule has 0 atom stereocenters. The largest absolute Gasteiger partial charge is 0.385 e. The molecule has 0 aromatic carbocycles. The lowest BCUT2D eigenvalue weighted by atomic mass is 9.71. The summed E-state index contributed by atoms with van der Waals surface area (Å²) in [6, 6.07) is 0. The highest BCUT2D eigenvalue weighted by Crippen LogP contribution is 2.43. The summed E-state index contributed by atoms with van der Waals surface area (Å²) < 4.78 is 13.6. The summed E-state index contributed by atoms with van der Waals surface area (Å²) >= 11 is 0. The Labute approximate surface area is 202 Å². The fourth-order valence-corrected chi connectivity index (χ4v) is 4.00. The summed E-state index contributed by atoms with van der Waals surface area (Å²) in [5, 5.41) is 26.1. The topological polar surface area (TPSA) is 90.7 Å². The minimum absolute atomic E-state index is 0.353. The zero-order chi connectivity index (χ0) is 24.7. The van der Waals surface area contributed by atoms with E-state index in [1.54, 1.807) is 17.9 Å². The van der Waals surface area contributed by atoms with Crippen LogP contribution >= 0.6 is 0 Å². The third-order valence-electron chi connectivity index (χ3n) is 6.10. The number of nitrogens with one attached hydrogen (secondary N) is 4. The maximum absolute atomic E-state index is 13.6. The fraction of sp³-hybridized carbons (Fsp3) is 0.500. The molecule has 1 aromatic rings. The van der Waals surface area contributed by atoms with Gasteiger partial charge in [0.15, 0.2) is 0 Å². The Bertz CT molecular complexity index is 973. The molecule has 0 unspecified atom stereocenters. The Morgan fingerprint density at radius 3 is 2.62 bits per heavy atom. The molecule has 2 saturated carbocycles. The summed E-state index contributed by atoms with van der Waals surface area (Å²) in [5.41, 5.74) is 3.87. The molecule has 0 amide bonds. The first kappa shape index (κ1) is 25.5. The van der Waals surface area contributed by atoms with Gasteiger partial charge in [-0.2, -0.15) is 15.0 Å². The number of nitrogens with zero attached hydrogens (tertiary/aromatic N) is 3. The molecule has 0 bridgehead atoms. The van der Waals surface area contributed by atoms with Crippen molar-refractivity contribution in [1.82, 2.24) is 30.9 Å². The van der Waals surface area contributed by atoms with Gasteiger partial charge in [-0.05, 0) is 75.0 Å². The van der Waals surface area contributed by atoms with Gasteiger partial charge >= 0.3 is 0 Å². The maximum Gasteiger partial charge on any atom is 0.128 e. The van der Waals surface area contributed by atoms with Crippen molar-refractivity contribution in [2.75, 3.05) is 13.1 Å². The van der Waals surface area contributed by atoms with Crippen molar-refractivity contribution in [2.45, 2.75) is 58.2 Å². The zero-order valence-electron chi connectivity index (χ0n) is 20.5. The molecule has 1 aromatic heterocycles. The number of hydrogen-bond donors (Lipinski definition) is 4. The van der Waals surface area contributed by atoms with Crippen molar-refractivity contribution in [3.63, 3.8) is 0 Å². The predicted molar refractivity (Wildman–Crippen MR) is 137 cm³/mol. The van der Waals surface area contributed by atoms with Crippen LogP contribution in [-0.4, -0.2) is 40.0 Å². The molecule has 184 valence electrons. The Morgan fingerprint density at radius 2 is 1.97 bits per heavy atom. The monoisotopic (exact) mass is 467 g/mol. The van der Waals surface area contributed by atoms with E-state index in [0.29, 0.717) is 37.5 Å². The molecule has 0 spiro atoms. The van der Waals surface area contributed by atoms with Crippen molar-refractivity contribution in [3.05, 3.63) is 66.4 Å². The van der Waals surface area contributed by atoms with Crippen LogP contribution in [0.25, 0.3) is 5.70 Å². The maximum atomic E-state index is 13.6. The second-order valence-electron chi connectivity index (χ2n) is 9.93. The van der Waals surface area contributed by atoms with E-state index < -0.39 is 5.67 Å². The lowest BCUT2D eigenvalue weighted by Crippen LogP contribution is -2.37. The van der Waals surface area contributed by atoms with Crippen molar-refractivity contribution >= 4 is 11.9 Å². The number of allylic oxidation sites excluding steroid dienone is 2. The van der Waals surface area contributed by atoms with Crippen LogP contribution in [0.3, 0.4) is 0 Å². The molecule has 0 aliphatic heterocycles. The normalized spacial score (nSPS) is 22.5. The molecular weight excluding hydrogens is 429 g/mol. The molecule has 2 fully saturated rings. The van der Waals surface area contributed by atoms with Gasteiger partial charge in [-0.3, -0.25) is 0 Å². The number of rotatable bonds is 15. The highest BCUT2D eigenvalue weighted by molar-refractivity contribution is 5.77. The lowest BCUT2D eigenvalue weighted by Gasteiger charge is -2.39. The first-order chi connectivity index (χ1) is 16.1. The summed E-state index contributed by atoms with van der Waals surface area (Å²) in [6.07, 6.45) is 11.2. The third kappa shape index (κ3) is 8.32. The van der Waals surface area contributed by atoms with Crippen LogP contribution < -0.4 is 16.0 Å². The van der Waals surface area contributed by atoms with Gasteiger partial charge in [0.05, 0.1) is 18.4 Å². The van der Waals surface area contributed by atoms with Gasteiger partial charge in [0.2, 0.25) is 0 Å². The van der Waals surface area contributed by atoms with Gasteiger partial charge < -0.3 is 21.4 Å². The molecule has 7 nitrogen and oxygen atoms in total. The van der Waals surface area contributed by atoms with Crippen LogP contribution in [0, 0.1) is 17.2 Å². The Kier molecular flexibility index (Phi) is 8.47. The van der Waals surface area contributed by atoms with Gasteiger partial charge in [0.25, 0.3) is 0 Å². The van der Waals surface area contributed by atoms with Crippen LogP contribution in [0.1, 0.15) is 51.6 Å². The summed E-state index contributed by atoms with van der Waals surface area (Å²) in [4.78, 5) is 1.75. The average molecular weight is 468 g/mol. The Balaban J connectivity index is 1.36. The number of aromatic nitrogens is 3. The lowest BCUT2D eigenvalue weighted by molar-refractivity contribution is 0.0252. The number of hydrogen-bond acceptors (Lipinski definition) is 6. The molecule has 4 N–H and O–H groups in total. The Morgan fingerprint density at radius 1 is 1.24 bits per heavy atom. The Hall–Kier alpha value is -3.16. The van der Waals surface area contributed by atoms with Crippen LogP contribution in [0.15, 0.2) is 60.7 Å². The first-order valence-electron chi connectivity index (χ1n) is 11.9. The van der Waals surface area contributed by atoms with Crippen LogP contribution in [0.5, 0.6) is 0 Å². The molecular formula is C26H38FN7. The highest BCUT2D eigenvalue weighted by Gasteiger charge is 2.40. The molecule has 2 aliphatic carbocycles. The van der Waals surface area contributed by atoms with Crippen molar-refractivity contribution in [2.24, 2.45) is 11.8 Å². The molecule has 34 heavy (non-hydrogen) atoms. The summed E-state index contributed by atoms with van der Waals surface area (Å²) in [5.74, 6) is 1.08. The first-order valence-corrected chi connectivity index (χ1v) is 11.9. The molecule has 3 rings (SSSR count). The molecule has 2 aliphatic rings. The van der Waals surface area contributed by atoms with E-state index in [0.717, 1.165) is 47.1 Å². The van der Waals surface area contributed by atoms with E-state index in [9.17, 15) is 4.39 Å². The van der Waals surface area contributed by atoms with Gasteiger partial charge in [-0.1, -0.05) is 19.7 Å². The molecule has 8 heteroatoms. The smallest absolute Gasteiger partial charge is 0.128 e. The van der Waals surface area contributed by atoms with E-state index in [2.05, 4.69) is 45.9 Å². The quantitative estimate of drug-likeness (QED) is 0.226. The standard InChI is InChI=1S/C26H38FN7/c1-18(14-31-21(4)25-16-32-34(33-25)17-22-6-7-22)13-29-20(3)9-24(12-28)15-30-19(2)8-23-10-26(5,27)11-23/h9,12-13,16,22-23,28-31H,2-4,6-8,10-11,14-15,17H2,1,5H3/b18-13+,24-9+,28-12?. The van der Waals surface area contributed by atoms with Crippen molar-refractivity contribution in [1.29, 1.82) is 5.41 Å². The van der Waals surface area contributed by atoms with Crippen LogP contribution in [-0.2, 0) is 6.54 Å². The van der Waals surface area contributed by atoms with Crippen LogP contribution in [0.4, 0.5) is 4.39 Å². The van der Waals surface area contributed by atoms with Gasteiger partial charge in [0, 0.05) is 36.9 Å². The van der Waals surface area contributed by atoms with E-state index in [4.69, 9.17) is 5.41 Å². The minimum atomic E-state index is -1.02. The fourth-order valence-electron chi connectivity index (χ4n) is 4.00. The molecule has 1 heterocycles. The van der Waals surface area contributed by atoms with Gasteiger partial charge in [-0.25, -0.2) is 4.39 Å². The number of alkyl halides is 1.